The minimum Gasteiger partial charge on any atom is -0.317 e. The van der Waals surface area contributed by atoms with Crippen LogP contribution in [0.25, 0.3) is 0 Å². The molecule has 18 heavy (non-hydrogen) atoms. The van der Waals surface area contributed by atoms with Gasteiger partial charge in [-0.25, -0.2) is 0 Å². The second kappa shape index (κ2) is 6.38. The van der Waals surface area contributed by atoms with Crippen molar-refractivity contribution in [1.29, 1.82) is 0 Å². The van der Waals surface area contributed by atoms with E-state index in [0.29, 0.717) is 0 Å². The fourth-order valence-electron chi connectivity index (χ4n) is 4.75. The monoisotopic (exact) mass is 250 g/mol. The zero-order valence-corrected chi connectivity index (χ0v) is 11.8. The van der Waals surface area contributed by atoms with Crippen molar-refractivity contribution in [2.24, 2.45) is 23.7 Å². The molecule has 0 aromatic carbocycles. The molecule has 0 radical (unpaired) electrons. The van der Waals surface area contributed by atoms with Crippen LogP contribution in [-0.2, 0) is 0 Å². The maximum absolute atomic E-state index is 3.52. The highest BCUT2D eigenvalue weighted by Gasteiger charge is 2.33. The molecule has 2 aliphatic heterocycles. The Balaban J connectivity index is 1.53. The van der Waals surface area contributed by atoms with E-state index in [9.17, 15) is 0 Å². The van der Waals surface area contributed by atoms with Gasteiger partial charge in [0.25, 0.3) is 0 Å². The molecule has 3 aliphatic rings. The molecule has 3 rings (SSSR count). The highest BCUT2D eigenvalue weighted by atomic mass is 14.9. The van der Waals surface area contributed by atoms with Gasteiger partial charge in [0.05, 0.1) is 0 Å². The maximum Gasteiger partial charge on any atom is -0.00462 e. The highest BCUT2D eigenvalue weighted by molar-refractivity contribution is 4.85. The lowest BCUT2D eigenvalue weighted by Gasteiger charge is -2.40. The zero-order chi connectivity index (χ0) is 12.2. The Bertz CT molecular complexity index is 217. The van der Waals surface area contributed by atoms with E-state index in [1.807, 2.05) is 0 Å². The van der Waals surface area contributed by atoms with Crippen molar-refractivity contribution in [2.45, 2.75) is 51.4 Å². The quantitative estimate of drug-likeness (QED) is 0.787. The minimum absolute atomic E-state index is 1.05. The third kappa shape index (κ3) is 3.08. The van der Waals surface area contributed by atoms with E-state index >= 15 is 0 Å². The van der Waals surface area contributed by atoms with Crippen LogP contribution in [0, 0.1) is 23.7 Å². The minimum atomic E-state index is 1.05. The number of rotatable bonds is 2. The average Bonchev–Trinajstić information content (AvgIpc) is 2.49. The predicted molar refractivity (Wildman–Crippen MR) is 76.6 cm³/mol. The van der Waals surface area contributed by atoms with Crippen LogP contribution in [-0.4, -0.2) is 26.2 Å². The predicted octanol–water partition coefficient (Wildman–Crippen LogP) is 2.79. The summed E-state index contributed by atoms with van der Waals surface area (Å²) in [6.07, 6.45) is 11.9. The summed E-state index contributed by atoms with van der Waals surface area (Å²) in [6.45, 7) is 5.11. The topological polar surface area (TPSA) is 24.1 Å². The summed E-state index contributed by atoms with van der Waals surface area (Å²) in [6, 6.07) is 0. The molecule has 3 fully saturated rings. The molecule has 0 aromatic rings. The van der Waals surface area contributed by atoms with E-state index in [4.69, 9.17) is 0 Å². The van der Waals surface area contributed by atoms with Gasteiger partial charge in [0.2, 0.25) is 0 Å². The first-order valence-electron chi connectivity index (χ1n) is 8.35. The molecule has 2 heteroatoms. The van der Waals surface area contributed by atoms with Gasteiger partial charge in [-0.3, -0.25) is 0 Å². The molecule has 2 nitrogen and oxygen atoms in total. The van der Waals surface area contributed by atoms with Crippen LogP contribution in [0.3, 0.4) is 0 Å². The molecule has 2 atom stereocenters. The molecular weight excluding hydrogens is 220 g/mol. The molecule has 0 bridgehead atoms. The van der Waals surface area contributed by atoms with Gasteiger partial charge in [-0.15, -0.1) is 0 Å². The molecular formula is C16H30N2. The lowest BCUT2D eigenvalue weighted by atomic mass is 9.67. The highest BCUT2D eigenvalue weighted by Crippen LogP contribution is 2.41. The van der Waals surface area contributed by atoms with Crippen LogP contribution in [0.4, 0.5) is 0 Å². The van der Waals surface area contributed by atoms with Crippen molar-refractivity contribution in [2.75, 3.05) is 26.2 Å². The summed E-state index contributed by atoms with van der Waals surface area (Å²) < 4.78 is 0. The fourth-order valence-corrected chi connectivity index (χ4v) is 4.75. The molecule has 2 saturated heterocycles. The fraction of sp³-hybridized carbons (Fsp3) is 1.00. The first kappa shape index (κ1) is 12.9. The molecule has 0 aromatic heterocycles. The van der Waals surface area contributed by atoms with Gasteiger partial charge in [0, 0.05) is 0 Å². The first-order chi connectivity index (χ1) is 8.93. The van der Waals surface area contributed by atoms with Crippen LogP contribution in [0.5, 0.6) is 0 Å². The van der Waals surface area contributed by atoms with E-state index in [1.54, 1.807) is 6.42 Å². The number of piperidine rings is 2. The van der Waals surface area contributed by atoms with Gasteiger partial charge < -0.3 is 10.6 Å². The van der Waals surface area contributed by atoms with Gasteiger partial charge in [-0.2, -0.15) is 0 Å². The summed E-state index contributed by atoms with van der Waals surface area (Å²) in [5.41, 5.74) is 0. The second-order valence-electron chi connectivity index (χ2n) is 6.86. The summed E-state index contributed by atoms with van der Waals surface area (Å²) in [7, 11) is 0. The average molecular weight is 250 g/mol. The van der Waals surface area contributed by atoms with E-state index < -0.39 is 0 Å². The summed E-state index contributed by atoms with van der Waals surface area (Å²) >= 11 is 0. The van der Waals surface area contributed by atoms with Crippen molar-refractivity contribution in [1.82, 2.24) is 10.6 Å². The van der Waals surface area contributed by atoms with Crippen LogP contribution >= 0.6 is 0 Å². The Morgan fingerprint density at radius 2 is 0.944 bits per heavy atom. The Labute approximate surface area is 112 Å². The van der Waals surface area contributed by atoms with Crippen LogP contribution in [0.15, 0.2) is 0 Å². The molecule has 104 valence electrons. The van der Waals surface area contributed by atoms with Gasteiger partial charge in [-0.1, -0.05) is 19.3 Å². The standard InChI is InChI=1S/C16H30N2/c1-2-15(13-4-8-17-9-5-13)12-16(3-1)14-6-10-18-11-7-14/h13-18H,1-12H2. The van der Waals surface area contributed by atoms with Crippen molar-refractivity contribution in [3.05, 3.63) is 0 Å². The van der Waals surface area contributed by atoms with E-state index in [2.05, 4.69) is 10.6 Å². The van der Waals surface area contributed by atoms with Crippen molar-refractivity contribution in [3.63, 3.8) is 0 Å². The number of nitrogens with one attached hydrogen (secondary N) is 2. The van der Waals surface area contributed by atoms with Crippen LogP contribution in [0.1, 0.15) is 51.4 Å². The maximum atomic E-state index is 3.52. The van der Waals surface area contributed by atoms with Crippen molar-refractivity contribution >= 4 is 0 Å². The van der Waals surface area contributed by atoms with Crippen LogP contribution in [0.2, 0.25) is 0 Å². The Morgan fingerprint density at radius 1 is 0.500 bits per heavy atom. The number of hydrogen-bond acceptors (Lipinski definition) is 2. The van der Waals surface area contributed by atoms with Gasteiger partial charge >= 0.3 is 0 Å². The molecule has 0 spiro atoms. The van der Waals surface area contributed by atoms with Crippen LogP contribution < -0.4 is 10.6 Å². The molecule has 1 aliphatic carbocycles. The molecule has 2 N–H and O–H groups in total. The Morgan fingerprint density at radius 3 is 1.39 bits per heavy atom. The zero-order valence-electron chi connectivity index (χ0n) is 11.8. The van der Waals surface area contributed by atoms with Gasteiger partial charge in [-0.05, 0) is 82.0 Å². The van der Waals surface area contributed by atoms with Crippen molar-refractivity contribution < 1.29 is 0 Å². The Kier molecular flexibility index (Phi) is 4.58. The largest absolute Gasteiger partial charge is 0.317 e. The third-order valence-electron chi connectivity index (χ3n) is 5.86. The Hall–Kier alpha value is -0.0800. The summed E-state index contributed by atoms with van der Waals surface area (Å²) in [5.74, 6) is 4.24. The number of hydrogen-bond donors (Lipinski definition) is 2. The van der Waals surface area contributed by atoms with Gasteiger partial charge in [0.1, 0.15) is 0 Å². The SMILES string of the molecule is C1CC(C2CCNCC2)CC(C2CCNCC2)C1. The second-order valence-corrected chi connectivity index (χ2v) is 6.86. The van der Waals surface area contributed by atoms with E-state index in [1.165, 1.54) is 71.1 Å². The molecule has 2 unspecified atom stereocenters. The first-order valence-corrected chi connectivity index (χ1v) is 8.35. The normalized spacial score (nSPS) is 36.7. The van der Waals surface area contributed by atoms with E-state index in [0.717, 1.165) is 23.7 Å². The van der Waals surface area contributed by atoms with Gasteiger partial charge in [0.15, 0.2) is 0 Å². The third-order valence-corrected chi connectivity index (χ3v) is 5.86. The van der Waals surface area contributed by atoms with Crippen molar-refractivity contribution in [3.8, 4) is 0 Å². The molecule has 1 saturated carbocycles. The van der Waals surface area contributed by atoms with E-state index in [-0.39, 0.29) is 0 Å². The lowest BCUT2D eigenvalue weighted by Crippen LogP contribution is -2.37. The summed E-state index contributed by atoms with van der Waals surface area (Å²) in [4.78, 5) is 0. The lowest BCUT2D eigenvalue weighted by molar-refractivity contribution is 0.117. The smallest absolute Gasteiger partial charge is 0.00462 e. The molecule has 2 heterocycles. The molecule has 0 amide bonds. The summed E-state index contributed by atoms with van der Waals surface area (Å²) in [5, 5.41) is 7.04.